The van der Waals surface area contributed by atoms with Gasteiger partial charge in [0.2, 0.25) is 0 Å². The van der Waals surface area contributed by atoms with Crippen LogP contribution in [0.25, 0.3) is 10.9 Å². The van der Waals surface area contributed by atoms with Crippen LogP contribution in [0.1, 0.15) is 29.7 Å². The molecule has 4 rings (SSSR count). The second-order valence-corrected chi connectivity index (χ2v) is 7.83. The van der Waals surface area contributed by atoms with Crippen LogP contribution in [0.2, 0.25) is 10.0 Å². The Morgan fingerprint density at radius 3 is 2.29 bits per heavy atom. The Morgan fingerprint density at radius 1 is 0.857 bits per heavy atom. The van der Waals surface area contributed by atoms with Crippen molar-refractivity contribution in [3.05, 3.63) is 106 Å². The van der Waals surface area contributed by atoms with E-state index in [0.717, 1.165) is 12.1 Å². The number of rotatable bonds is 6. The van der Waals surface area contributed by atoms with Crippen LogP contribution < -0.4 is 5.32 Å². The molecule has 1 heterocycles. The van der Waals surface area contributed by atoms with E-state index in [1.165, 1.54) is 22.0 Å². The van der Waals surface area contributed by atoms with Gasteiger partial charge in [-0.15, -0.1) is 0 Å². The van der Waals surface area contributed by atoms with Crippen LogP contribution in [-0.2, 0) is 13.1 Å². The van der Waals surface area contributed by atoms with Crippen molar-refractivity contribution >= 4 is 34.1 Å². The molecule has 142 valence electrons. The molecule has 0 unspecified atom stereocenters. The molecule has 4 heteroatoms. The van der Waals surface area contributed by atoms with Gasteiger partial charge in [-0.25, -0.2) is 0 Å². The molecule has 0 aliphatic heterocycles. The van der Waals surface area contributed by atoms with Gasteiger partial charge in [0.15, 0.2) is 0 Å². The number of hydrogen-bond acceptors (Lipinski definition) is 1. The van der Waals surface area contributed by atoms with Crippen LogP contribution in [0.3, 0.4) is 0 Å². The summed E-state index contributed by atoms with van der Waals surface area (Å²) in [5.74, 6) is 0. The molecule has 0 saturated heterocycles. The zero-order valence-corrected chi connectivity index (χ0v) is 17.2. The Balaban J connectivity index is 1.61. The highest BCUT2D eigenvalue weighted by Gasteiger charge is 2.13. The minimum Gasteiger partial charge on any atom is -0.343 e. The molecule has 3 aromatic carbocycles. The quantitative estimate of drug-likeness (QED) is 0.369. The highest BCUT2D eigenvalue weighted by Crippen LogP contribution is 2.28. The fraction of sp³-hybridized carbons (Fsp3) is 0.167. The number of benzene rings is 3. The van der Waals surface area contributed by atoms with Crippen molar-refractivity contribution in [2.45, 2.75) is 26.1 Å². The molecule has 1 aromatic heterocycles. The highest BCUT2D eigenvalue weighted by atomic mass is 35.5. The zero-order chi connectivity index (χ0) is 19.5. The third-order valence-corrected chi connectivity index (χ3v) is 5.87. The van der Waals surface area contributed by atoms with Crippen molar-refractivity contribution in [1.82, 2.24) is 9.88 Å². The van der Waals surface area contributed by atoms with Crippen molar-refractivity contribution in [3.63, 3.8) is 0 Å². The molecule has 28 heavy (non-hydrogen) atoms. The third kappa shape index (κ3) is 3.95. The number of nitrogens with zero attached hydrogens (tertiary/aromatic N) is 1. The van der Waals surface area contributed by atoms with Gasteiger partial charge in [-0.2, -0.15) is 0 Å². The van der Waals surface area contributed by atoms with Crippen molar-refractivity contribution < 1.29 is 0 Å². The van der Waals surface area contributed by atoms with Gasteiger partial charge in [0.1, 0.15) is 0 Å². The zero-order valence-electron chi connectivity index (χ0n) is 15.7. The minimum absolute atomic E-state index is 0.279. The summed E-state index contributed by atoms with van der Waals surface area (Å²) in [4.78, 5) is 0. The van der Waals surface area contributed by atoms with Crippen LogP contribution in [0, 0.1) is 0 Å². The largest absolute Gasteiger partial charge is 0.343 e. The summed E-state index contributed by atoms with van der Waals surface area (Å²) >= 11 is 12.8. The van der Waals surface area contributed by atoms with Gasteiger partial charge in [-0.3, -0.25) is 0 Å². The summed E-state index contributed by atoms with van der Waals surface area (Å²) in [6.07, 6.45) is 2.20. The second-order valence-electron chi connectivity index (χ2n) is 7.01. The lowest BCUT2D eigenvalue weighted by Crippen LogP contribution is -2.17. The fourth-order valence-electron chi connectivity index (χ4n) is 3.57. The monoisotopic (exact) mass is 408 g/mol. The molecule has 0 bridgehead atoms. The predicted molar refractivity (Wildman–Crippen MR) is 119 cm³/mol. The van der Waals surface area contributed by atoms with E-state index in [2.05, 4.69) is 71.5 Å². The molecule has 4 aromatic rings. The maximum atomic E-state index is 6.40. The Kier molecular flexibility index (Phi) is 5.72. The standard InChI is InChI=1S/C24H22Cl2N2/c1-17(18-8-3-2-4-9-18)27-14-19-15-28(24-13-6-5-10-20(19)24)16-21-22(25)11-7-12-23(21)26/h2-13,15,17,27H,14,16H2,1H3/t17-/m0/s1. The molecular formula is C24H22Cl2N2. The molecule has 0 spiro atoms. The van der Waals surface area contributed by atoms with Gasteiger partial charge in [0.05, 0.1) is 6.54 Å². The Morgan fingerprint density at radius 2 is 1.54 bits per heavy atom. The van der Waals surface area contributed by atoms with E-state index in [-0.39, 0.29) is 6.04 Å². The summed E-state index contributed by atoms with van der Waals surface area (Å²) < 4.78 is 2.23. The topological polar surface area (TPSA) is 17.0 Å². The van der Waals surface area contributed by atoms with E-state index >= 15 is 0 Å². The number of para-hydroxylation sites is 1. The summed E-state index contributed by atoms with van der Waals surface area (Å²) in [6.45, 7) is 3.63. The summed E-state index contributed by atoms with van der Waals surface area (Å²) in [5.41, 5.74) is 4.68. The molecule has 0 aliphatic carbocycles. The fourth-order valence-corrected chi connectivity index (χ4v) is 4.09. The van der Waals surface area contributed by atoms with Crippen LogP contribution in [0.15, 0.2) is 79.0 Å². The van der Waals surface area contributed by atoms with E-state index in [4.69, 9.17) is 23.2 Å². The van der Waals surface area contributed by atoms with Crippen molar-refractivity contribution in [2.24, 2.45) is 0 Å². The first kappa shape index (κ1) is 19.1. The SMILES string of the molecule is C[C@H](NCc1cn(Cc2c(Cl)cccc2Cl)c2ccccc12)c1ccccc1. The Hall–Kier alpha value is -2.26. The maximum absolute atomic E-state index is 6.40. The molecule has 0 aliphatic rings. The van der Waals surface area contributed by atoms with Crippen LogP contribution in [-0.4, -0.2) is 4.57 Å². The predicted octanol–water partition coefficient (Wildman–Crippen LogP) is 6.85. The molecular weight excluding hydrogens is 387 g/mol. The number of halogens is 2. The van der Waals surface area contributed by atoms with E-state index in [1.807, 2.05) is 24.3 Å². The van der Waals surface area contributed by atoms with Crippen LogP contribution in [0.4, 0.5) is 0 Å². The normalized spacial score (nSPS) is 12.4. The second kappa shape index (κ2) is 8.40. The number of hydrogen-bond donors (Lipinski definition) is 1. The van der Waals surface area contributed by atoms with E-state index in [0.29, 0.717) is 16.6 Å². The number of aromatic nitrogens is 1. The van der Waals surface area contributed by atoms with Gasteiger partial charge in [-0.05, 0) is 36.2 Å². The van der Waals surface area contributed by atoms with Crippen molar-refractivity contribution in [1.29, 1.82) is 0 Å². The van der Waals surface area contributed by atoms with Crippen LogP contribution >= 0.6 is 23.2 Å². The summed E-state index contributed by atoms with van der Waals surface area (Å²) in [7, 11) is 0. The smallest absolute Gasteiger partial charge is 0.0505 e. The first-order chi connectivity index (χ1) is 13.6. The first-order valence-corrected chi connectivity index (χ1v) is 10.2. The summed E-state index contributed by atoms with van der Waals surface area (Å²) in [5, 5.41) is 6.28. The summed E-state index contributed by atoms with van der Waals surface area (Å²) in [6, 6.07) is 24.9. The third-order valence-electron chi connectivity index (χ3n) is 5.16. The average molecular weight is 409 g/mol. The molecule has 0 radical (unpaired) electrons. The lowest BCUT2D eigenvalue weighted by atomic mass is 10.1. The number of fused-ring (bicyclic) bond motifs is 1. The first-order valence-electron chi connectivity index (χ1n) is 9.41. The Bertz CT molecular complexity index is 1070. The molecule has 2 nitrogen and oxygen atoms in total. The van der Waals surface area contributed by atoms with Gasteiger partial charge < -0.3 is 9.88 Å². The minimum atomic E-state index is 0.279. The lowest BCUT2D eigenvalue weighted by Gasteiger charge is -2.13. The molecule has 1 N–H and O–H groups in total. The lowest BCUT2D eigenvalue weighted by molar-refractivity contribution is 0.575. The average Bonchev–Trinajstić information content (AvgIpc) is 3.07. The van der Waals surface area contributed by atoms with E-state index < -0.39 is 0 Å². The highest BCUT2D eigenvalue weighted by molar-refractivity contribution is 6.36. The van der Waals surface area contributed by atoms with Crippen molar-refractivity contribution in [3.8, 4) is 0 Å². The molecule has 0 fully saturated rings. The van der Waals surface area contributed by atoms with E-state index in [9.17, 15) is 0 Å². The van der Waals surface area contributed by atoms with Gasteiger partial charge in [0, 0.05) is 45.3 Å². The molecule has 1 atom stereocenters. The van der Waals surface area contributed by atoms with E-state index in [1.54, 1.807) is 0 Å². The van der Waals surface area contributed by atoms with Crippen molar-refractivity contribution in [2.75, 3.05) is 0 Å². The van der Waals surface area contributed by atoms with Gasteiger partial charge in [-0.1, -0.05) is 77.8 Å². The molecule has 0 saturated carbocycles. The number of nitrogens with one attached hydrogen (secondary N) is 1. The molecule has 0 amide bonds. The van der Waals surface area contributed by atoms with Gasteiger partial charge >= 0.3 is 0 Å². The maximum Gasteiger partial charge on any atom is 0.0505 e. The van der Waals surface area contributed by atoms with Crippen LogP contribution in [0.5, 0.6) is 0 Å². The Labute approximate surface area is 175 Å². The van der Waals surface area contributed by atoms with Gasteiger partial charge in [0.25, 0.3) is 0 Å².